The second kappa shape index (κ2) is 5.36. The fourth-order valence-electron chi connectivity index (χ4n) is 1.55. The minimum atomic E-state index is -0.447. The number of esters is 1. The van der Waals surface area contributed by atoms with Crippen LogP contribution in [0.3, 0.4) is 0 Å². The van der Waals surface area contributed by atoms with E-state index in [1.807, 2.05) is 0 Å². The third-order valence-corrected chi connectivity index (χ3v) is 3.85. The summed E-state index contributed by atoms with van der Waals surface area (Å²) < 4.78 is 10.2. The van der Waals surface area contributed by atoms with Crippen molar-refractivity contribution in [3.05, 3.63) is 38.9 Å². The minimum absolute atomic E-state index is 0.0604. The lowest BCUT2D eigenvalue weighted by Crippen LogP contribution is -2.04. The van der Waals surface area contributed by atoms with Crippen LogP contribution in [0.5, 0.6) is 0 Å². The van der Waals surface area contributed by atoms with Crippen LogP contribution < -0.4 is 0 Å². The van der Waals surface area contributed by atoms with E-state index in [2.05, 4.69) is 5.16 Å². The first-order valence-corrected chi connectivity index (χ1v) is 6.50. The standard InChI is InChI=1S/C13H13NO4S/c1-7-10(9(3)18-14-7)6-17-13(16)12-5-4-11(19-12)8(2)15/h4-5H,6H2,1-3H3. The number of hydrogen-bond acceptors (Lipinski definition) is 6. The zero-order chi connectivity index (χ0) is 14.0. The molecule has 5 nitrogen and oxygen atoms in total. The zero-order valence-corrected chi connectivity index (χ0v) is 11.7. The number of Topliss-reactive ketones (excluding diaryl/α,β-unsaturated/α-hetero) is 1. The molecule has 2 heterocycles. The van der Waals surface area contributed by atoms with Crippen molar-refractivity contribution in [2.75, 3.05) is 0 Å². The van der Waals surface area contributed by atoms with Gasteiger partial charge in [-0.2, -0.15) is 0 Å². The maximum absolute atomic E-state index is 11.8. The largest absolute Gasteiger partial charge is 0.456 e. The Balaban J connectivity index is 2.03. The maximum atomic E-state index is 11.8. The Morgan fingerprint density at radius 2 is 2.00 bits per heavy atom. The first kappa shape index (κ1) is 13.5. The molecule has 6 heteroatoms. The Morgan fingerprint density at radius 3 is 2.53 bits per heavy atom. The van der Waals surface area contributed by atoms with Gasteiger partial charge in [-0.05, 0) is 32.9 Å². The van der Waals surface area contributed by atoms with Crippen LogP contribution in [0.25, 0.3) is 0 Å². The van der Waals surface area contributed by atoms with Crippen molar-refractivity contribution in [3.63, 3.8) is 0 Å². The summed E-state index contributed by atoms with van der Waals surface area (Å²) in [6, 6.07) is 3.22. The van der Waals surface area contributed by atoms with E-state index in [9.17, 15) is 9.59 Å². The van der Waals surface area contributed by atoms with Crippen molar-refractivity contribution < 1.29 is 18.8 Å². The molecule has 0 aliphatic rings. The van der Waals surface area contributed by atoms with Gasteiger partial charge in [0.05, 0.1) is 16.1 Å². The van der Waals surface area contributed by atoms with Gasteiger partial charge in [-0.15, -0.1) is 11.3 Å². The fraction of sp³-hybridized carbons (Fsp3) is 0.308. The highest BCUT2D eigenvalue weighted by Gasteiger charge is 2.15. The SMILES string of the molecule is CC(=O)c1ccc(C(=O)OCc2c(C)noc2C)s1. The molecular formula is C13H13NO4S. The molecule has 0 radical (unpaired) electrons. The molecule has 2 aromatic rings. The monoisotopic (exact) mass is 279 g/mol. The maximum Gasteiger partial charge on any atom is 0.348 e. The second-order valence-electron chi connectivity index (χ2n) is 4.10. The molecule has 0 aliphatic carbocycles. The Labute approximate surface area is 114 Å². The summed E-state index contributed by atoms with van der Waals surface area (Å²) >= 11 is 1.13. The number of thiophene rings is 1. The zero-order valence-electron chi connectivity index (χ0n) is 10.9. The van der Waals surface area contributed by atoms with E-state index in [0.717, 1.165) is 16.9 Å². The van der Waals surface area contributed by atoms with Crippen LogP contribution in [0.1, 0.15) is 43.3 Å². The number of hydrogen-bond donors (Lipinski definition) is 0. The van der Waals surface area contributed by atoms with Crippen LogP contribution >= 0.6 is 11.3 Å². The van der Waals surface area contributed by atoms with E-state index >= 15 is 0 Å². The van der Waals surface area contributed by atoms with E-state index in [-0.39, 0.29) is 12.4 Å². The van der Waals surface area contributed by atoms with Crippen molar-refractivity contribution in [2.24, 2.45) is 0 Å². The van der Waals surface area contributed by atoms with Crippen molar-refractivity contribution >= 4 is 23.1 Å². The summed E-state index contributed by atoms with van der Waals surface area (Å²) in [5.74, 6) is 0.133. The number of aryl methyl sites for hydroxylation is 2. The molecule has 0 N–H and O–H groups in total. The molecule has 0 spiro atoms. The van der Waals surface area contributed by atoms with Crippen LogP contribution in [0.4, 0.5) is 0 Å². The minimum Gasteiger partial charge on any atom is -0.456 e. The van der Waals surface area contributed by atoms with E-state index in [0.29, 0.717) is 21.2 Å². The lowest BCUT2D eigenvalue weighted by Gasteiger charge is -2.02. The van der Waals surface area contributed by atoms with Crippen LogP contribution in [-0.4, -0.2) is 16.9 Å². The number of nitrogens with zero attached hydrogens (tertiary/aromatic N) is 1. The highest BCUT2D eigenvalue weighted by Crippen LogP contribution is 2.19. The normalized spacial score (nSPS) is 10.5. The number of ether oxygens (including phenoxy) is 1. The van der Waals surface area contributed by atoms with Crippen molar-refractivity contribution in [2.45, 2.75) is 27.4 Å². The van der Waals surface area contributed by atoms with Crippen LogP contribution in [0.2, 0.25) is 0 Å². The quantitative estimate of drug-likeness (QED) is 0.635. The van der Waals surface area contributed by atoms with E-state index < -0.39 is 5.97 Å². The molecule has 0 amide bonds. The number of carbonyl (C=O) groups excluding carboxylic acids is 2. The highest BCUT2D eigenvalue weighted by atomic mass is 32.1. The number of ketones is 1. The summed E-state index contributed by atoms with van der Waals surface area (Å²) in [7, 11) is 0. The Bertz CT molecular complexity index is 607. The fourth-order valence-corrected chi connectivity index (χ4v) is 2.35. The number of carbonyl (C=O) groups is 2. The number of aromatic nitrogens is 1. The Kier molecular flexibility index (Phi) is 3.80. The first-order chi connectivity index (χ1) is 8.99. The van der Waals surface area contributed by atoms with E-state index in [1.165, 1.54) is 6.92 Å². The van der Waals surface area contributed by atoms with Gasteiger partial charge < -0.3 is 9.26 Å². The van der Waals surface area contributed by atoms with Crippen LogP contribution in [0.15, 0.2) is 16.7 Å². The molecule has 0 saturated heterocycles. The number of rotatable bonds is 4. The van der Waals surface area contributed by atoms with Crippen molar-refractivity contribution in [1.82, 2.24) is 5.16 Å². The predicted molar refractivity (Wildman–Crippen MR) is 69.4 cm³/mol. The van der Waals surface area contributed by atoms with Gasteiger partial charge in [0, 0.05) is 0 Å². The van der Waals surface area contributed by atoms with Gasteiger partial charge in [0.15, 0.2) is 5.78 Å². The molecule has 0 aromatic carbocycles. The van der Waals surface area contributed by atoms with Gasteiger partial charge >= 0.3 is 5.97 Å². The topological polar surface area (TPSA) is 69.4 Å². The molecule has 0 unspecified atom stereocenters. The molecule has 2 aromatic heterocycles. The van der Waals surface area contributed by atoms with Gasteiger partial charge in [0.2, 0.25) is 0 Å². The Morgan fingerprint density at radius 1 is 1.32 bits per heavy atom. The lowest BCUT2D eigenvalue weighted by atomic mass is 10.2. The summed E-state index contributed by atoms with van der Waals surface area (Å²) in [6.45, 7) is 5.14. The molecule has 2 rings (SSSR count). The summed E-state index contributed by atoms with van der Waals surface area (Å²) in [6.07, 6.45) is 0. The van der Waals surface area contributed by atoms with Gasteiger partial charge in [-0.3, -0.25) is 4.79 Å². The lowest BCUT2D eigenvalue weighted by molar-refractivity contribution is 0.0476. The third kappa shape index (κ3) is 2.90. The summed E-state index contributed by atoms with van der Waals surface area (Å²) in [5.41, 5.74) is 1.48. The smallest absolute Gasteiger partial charge is 0.348 e. The summed E-state index contributed by atoms with van der Waals surface area (Å²) in [4.78, 5) is 23.9. The molecular weight excluding hydrogens is 266 g/mol. The molecule has 19 heavy (non-hydrogen) atoms. The van der Waals surface area contributed by atoms with Crippen LogP contribution in [0, 0.1) is 13.8 Å². The van der Waals surface area contributed by atoms with Gasteiger partial charge in [-0.25, -0.2) is 4.79 Å². The molecule has 0 aliphatic heterocycles. The van der Waals surface area contributed by atoms with Gasteiger partial charge in [0.25, 0.3) is 0 Å². The average molecular weight is 279 g/mol. The molecule has 0 atom stereocenters. The van der Waals surface area contributed by atoms with E-state index in [1.54, 1.807) is 26.0 Å². The second-order valence-corrected chi connectivity index (χ2v) is 5.18. The van der Waals surface area contributed by atoms with Gasteiger partial charge in [0.1, 0.15) is 17.2 Å². The van der Waals surface area contributed by atoms with Gasteiger partial charge in [-0.1, -0.05) is 5.16 Å². The van der Waals surface area contributed by atoms with Crippen molar-refractivity contribution in [3.8, 4) is 0 Å². The molecule has 100 valence electrons. The molecule has 0 saturated carbocycles. The molecule has 0 bridgehead atoms. The third-order valence-electron chi connectivity index (χ3n) is 2.68. The van der Waals surface area contributed by atoms with Crippen molar-refractivity contribution in [1.29, 1.82) is 0 Å². The average Bonchev–Trinajstić information content (AvgIpc) is 2.95. The molecule has 0 fully saturated rings. The predicted octanol–water partition coefficient (Wildman–Crippen LogP) is 2.91. The summed E-state index contributed by atoms with van der Waals surface area (Å²) in [5, 5.41) is 3.79. The van der Waals surface area contributed by atoms with E-state index in [4.69, 9.17) is 9.26 Å². The first-order valence-electron chi connectivity index (χ1n) is 5.68. The highest BCUT2D eigenvalue weighted by molar-refractivity contribution is 7.15. The Hall–Kier alpha value is -1.95. The van der Waals surface area contributed by atoms with Crippen LogP contribution in [-0.2, 0) is 11.3 Å².